The number of aryl methyl sites for hydroxylation is 2. The fourth-order valence-electron chi connectivity index (χ4n) is 3.61. The molecule has 162 valence electrons. The van der Waals surface area contributed by atoms with Crippen LogP contribution in [0.15, 0.2) is 78.9 Å². The van der Waals surface area contributed by atoms with Crippen molar-refractivity contribution in [3.8, 4) is 0 Å². The number of amides is 2. The summed E-state index contributed by atoms with van der Waals surface area (Å²) in [6.07, 6.45) is 1.38. The van der Waals surface area contributed by atoms with Gasteiger partial charge in [-0.1, -0.05) is 48.0 Å². The Bertz CT molecular complexity index is 1210. The van der Waals surface area contributed by atoms with E-state index in [2.05, 4.69) is 10.6 Å². The van der Waals surface area contributed by atoms with Crippen molar-refractivity contribution in [3.63, 3.8) is 0 Å². The summed E-state index contributed by atoms with van der Waals surface area (Å²) < 4.78 is 1.96. The Morgan fingerprint density at radius 1 is 0.906 bits per heavy atom. The van der Waals surface area contributed by atoms with Gasteiger partial charge < -0.3 is 15.2 Å². The molecule has 2 N–H and O–H groups in total. The maximum Gasteiger partial charge on any atom is 0.251 e. The highest BCUT2D eigenvalue weighted by molar-refractivity contribution is 5.94. The Kier molecular flexibility index (Phi) is 6.60. The molecule has 0 aliphatic carbocycles. The van der Waals surface area contributed by atoms with E-state index in [4.69, 9.17) is 4.98 Å². The molecule has 4 rings (SSSR count). The van der Waals surface area contributed by atoms with Gasteiger partial charge in [0, 0.05) is 24.2 Å². The first-order valence-electron chi connectivity index (χ1n) is 10.7. The second-order valence-electron chi connectivity index (χ2n) is 7.74. The number of aromatic nitrogens is 2. The molecular weight excluding hydrogens is 400 g/mol. The number of nitrogens with zero attached hydrogens (tertiary/aromatic N) is 2. The lowest BCUT2D eigenvalue weighted by atomic mass is 10.2. The van der Waals surface area contributed by atoms with Gasteiger partial charge in [-0.2, -0.15) is 0 Å². The molecular formula is C26H26N4O2. The molecule has 0 saturated carbocycles. The predicted molar refractivity (Wildman–Crippen MR) is 127 cm³/mol. The van der Waals surface area contributed by atoms with Crippen molar-refractivity contribution in [2.45, 2.75) is 26.3 Å². The quantitative estimate of drug-likeness (QED) is 0.412. The zero-order valence-corrected chi connectivity index (χ0v) is 18.0. The molecule has 0 unspecified atom stereocenters. The number of carbonyl (C=O) groups excluding carboxylic acids is 2. The van der Waals surface area contributed by atoms with Crippen LogP contribution in [0.25, 0.3) is 11.0 Å². The maximum atomic E-state index is 12.7. The number of fused-ring (bicyclic) bond motifs is 1. The standard InChI is InChI=1S/C26H26N4O2/c1-19-13-15-21(16-14-19)28-25(31)18-30-23-11-6-5-10-22(23)29-24(30)12-7-17-27-26(32)20-8-3-2-4-9-20/h2-6,8-11,13-16H,7,12,17-18H2,1H3,(H,27,32)(H,28,31). The number of para-hydroxylation sites is 2. The van der Waals surface area contributed by atoms with Crippen molar-refractivity contribution in [1.29, 1.82) is 0 Å². The molecule has 0 aliphatic rings. The fraction of sp³-hybridized carbons (Fsp3) is 0.192. The van der Waals surface area contributed by atoms with E-state index in [1.807, 2.05) is 78.2 Å². The van der Waals surface area contributed by atoms with Gasteiger partial charge in [0.05, 0.1) is 11.0 Å². The summed E-state index contributed by atoms with van der Waals surface area (Å²) in [6, 6.07) is 24.7. The molecule has 1 heterocycles. The van der Waals surface area contributed by atoms with Crippen LogP contribution in [0.2, 0.25) is 0 Å². The molecule has 6 nitrogen and oxygen atoms in total. The molecule has 0 aliphatic heterocycles. The van der Waals surface area contributed by atoms with Crippen molar-refractivity contribution in [2.24, 2.45) is 0 Å². The van der Waals surface area contributed by atoms with Crippen LogP contribution in [0.1, 0.15) is 28.2 Å². The van der Waals surface area contributed by atoms with Crippen LogP contribution < -0.4 is 10.6 Å². The van der Waals surface area contributed by atoms with Gasteiger partial charge in [-0.05, 0) is 49.7 Å². The first-order chi connectivity index (χ1) is 15.6. The highest BCUT2D eigenvalue weighted by atomic mass is 16.2. The van der Waals surface area contributed by atoms with Crippen LogP contribution in [-0.2, 0) is 17.8 Å². The molecule has 4 aromatic rings. The normalized spacial score (nSPS) is 10.8. The molecule has 0 fully saturated rings. The number of hydrogen-bond acceptors (Lipinski definition) is 3. The van der Waals surface area contributed by atoms with E-state index in [0.717, 1.165) is 34.5 Å². The van der Waals surface area contributed by atoms with Crippen LogP contribution in [0.4, 0.5) is 5.69 Å². The lowest BCUT2D eigenvalue weighted by molar-refractivity contribution is -0.116. The molecule has 1 aromatic heterocycles. The van der Waals surface area contributed by atoms with Gasteiger partial charge in [0.25, 0.3) is 5.91 Å². The topological polar surface area (TPSA) is 76.0 Å². The minimum Gasteiger partial charge on any atom is -0.352 e. The molecule has 3 aromatic carbocycles. The van der Waals surface area contributed by atoms with Crippen molar-refractivity contribution in [3.05, 3.63) is 95.8 Å². The molecule has 0 radical (unpaired) electrons. The summed E-state index contributed by atoms with van der Waals surface area (Å²) in [6.45, 7) is 2.73. The van der Waals surface area contributed by atoms with Crippen molar-refractivity contribution in [1.82, 2.24) is 14.9 Å². The third kappa shape index (κ3) is 5.21. The molecule has 2 amide bonds. The highest BCUT2D eigenvalue weighted by Gasteiger charge is 2.14. The van der Waals surface area contributed by atoms with Crippen molar-refractivity contribution < 1.29 is 9.59 Å². The second kappa shape index (κ2) is 9.92. The summed E-state index contributed by atoms with van der Waals surface area (Å²) in [5.74, 6) is 0.645. The Balaban J connectivity index is 1.41. The van der Waals surface area contributed by atoms with Gasteiger partial charge in [-0.15, -0.1) is 0 Å². The van der Waals surface area contributed by atoms with Gasteiger partial charge in [0.2, 0.25) is 5.91 Å². The number of benzene rings is 3. The van der Waals surface area contributed by atoms with Gasteiger partial charge in [-0.25, -0.2) is 4.98 Å². The summed E-state index contributed by atoms with van der Waals surface area (Å²) in [5.41, 5.74) is 4.35. The van der Waals surface area contributed by atoms with Crippen LogP contribution in [0.5, 0.6) is 0 Å². The molecule has 0 saturated heterocycles. The molecule has 0 atom stereocenters. The number of anilines is 1. The van der Waals surface area contributed by atoms with E-state index >= 15 is 0 Å². The van der Waals surface area contributed by atoms with E-state index < -0.39 is 0 Å². The first kappa shape index (κ1) is 21.3. The lowest BCUT2D eigenvalue weighted by Gasteiger charge is -2.11. The Morgan fingerprint density at radius 3 is 2.41 bits per heavy atom. The largest absolute Gasteiger partial charge is 0.352 e. The smallest absolute Gasteiger partial charge is 0.251 e. The van der Waals surface area contributed by atoms with E-state index in [9.17, 15) is 9.59 Å². The predicted octanol–water partition coefficient (Wildman–Crippen LogP) is 4.35. The Hall–Kier alpha value is -3.93. The molecule has 32 heavy (non-hydrogen) atoms. The number of hydrogen-bond donors (Lipinski definition) is 2. The second-order valence-corrected chi connectivity index (χ2v) is 7.74. The van der Waals surface area contributed by atoms with Crippen LogP contribution in [-0.4, -0.2) is 27.9 Å². The average Bonchev–Trinajstić information content (AvgIpc) is 3.16. The van der Waals surface area contributed by atoms with Gasteiger partial charge in [0.15, 0.2) is 0 Å². The number of nitrogens with one attached hydrogen (secondary N) is 2. The summed E-state index contributed by atoms with van der Waals surface area (Å²) in [7, 11) is 0. The third-order valence-corrected chi connectivity index (χ3v) is 5.27. The van der Waals surface area contributed by atoms with E-state index in [1.54, 1.807) is 12.1 Å². The van der Waals surface area contributed by atoms with Gasteiger partial charge >= 0.3 is 0 Å². The molecule has 6 heteroatoms. The van der Waals surface area contributed by atoms with Crippen LogP contribution in [0.3, 0.4) is 0 Å². The highest BCUT2D eigenvalue weighted by Crippen LogP contribution is 2.18. The van der Waals surface area contributed by atoms with Crippen LogP contribution >= 0.6 is 0 Å². The maximum absolute atomic E-state index is 12.7. The van der Waals surface area contributed by atoms with Crippen molar-refractivity contribution >= 4 is 28.5 Å². The molecule has 0 bridgehead atoms. The third-order valence-electron chi connectivity index (χ3n) is 5.27. The fourth-order valence-corrected chi connectivity index (χ4v) is 3.61. The number of rotatable bonds is 8. The minimum atomic E-state index is -0.101. The molecule has 0 spiro atoms. The SMILES string of the molecule is Cc1ccc(NC(=O)Cn2c(CCCNC(=O)c3ccccc3)nc3ccccc32)cc1. The Labute approximate surface area is 187 Å². The number of carbonyl (C=O) groups is 2. The van der Waals surface area contributed by atoms with Gasteiger partial charge in [0.1, 0.15) is 12.4 Å². The van der Waals surface area contributed by atoms with E-state index in [-0.39, 0.29) is 18.4 Å². The van der Waals surface area contributed by atoms with Crippen molar-refractivity contribution in [2.75, 3.05) is 11.9 Å². The van der Waals surface area contributed by atoms with Crippen LogP contribution in [0, 0.1) is 6.92 Å². The first-order valence-corrected chi connectivity index (χ1v) is 10.7. The van der Waals surface area contributed by atoms with E-state index in [0.29, 0.717) is 18.5 Å². The zero-order chi connectivity index (χ0) is 22.3. The van der Waals surface area contributed by atoms with E-state index in [1.165, 1.54) is 0 Å². The van der Waals surface area contributed by atoms with Gasteiger partial charge in [-0.3, -0.25) is 9.59 Å². The summed E-state index contributed by atoms with van der Waals surface area (Å²) in [5, 5.41) is 5.90. The minimum absolute atomic E-state index is 0.0865. The summed E-state index contributed by atoms with van der Waals surface area (Å²) in [4.78, 5) is 29.7. The number of imidazole rings is 1. The lowest BCUT2D eigenvalue weighted by Crippen LogP contribution is -2.25. The summed E-state index contributed by atoms with van der Waals surface area (Å²) >= 11 is 0. The average molecular weight is 427 g/mol. The Morgan fingerprint density at radius 2 is 1.62 bits per heavy atom. The zero-order valence-electron chi connectivity index (χ0n) is 18.0. The monoisotopic (exact) mass is 426 g/mol.